The van der Waals surface area contributed by atoms with Crippen LogP contribution in [0.3, 0.4) is 0 Å². The molecule has 220 valence electrons. The van der Waals surface area contributed by atoms with Crippen LogP contribution in [0.2, 0.25) is 18.6 Å². The Balaban J connectivity index is 1.19. The number of benzene rings is 2. The summed E-state index contributed by atoms with van der Waals surface area (Å²) in [4.78, 5) is 30.9. The van der Waals surface area contributed by atoms with Gasteiger partial charge in [0.25, 0.3) is 0 Å². The number of amides is 2. The topological polar surface area (TPSA) is 94.7 Å². The molecule has 0 saturated carbocycles. The van der Waals surface area contributed by atoms with Crippen molar-refractivity contribution in [3.05, 3.63) is 65.9 Å². The Hall–Kier alpha value is -3.01. The summed E-state index contributed by atoms with van der Waals surface area (Å²) in [6.45, 7) is 6.09. The summed E-state index contributed by atoms with van der Waals surface area (Å²) in [5.41, 5.74) is 3.53. The number of rotatable bonds is 10. The number of anilines is 1. The predicted molar refractivity (Wildman–Crippen MR) is 162 cm³/mol. The first-order chi connectivity index (χ1) is 19.6. The third kappa shape index (κ3) is 6.74. The van der Waals surface area contributed by atoms with E-state index < -0.39 is 14.5 Å². The largest absolute Gasteiger partial charge is 0.394 e. The van der Waals surface area contributed by atoms with Crippen molar-refractivity contribution < 1.29 is 23.5 Å². The number of aryl methyl sites for hydroxylation is 1. The summed E-state index contributed by atoms with van der Waals surface area (Å²) in [6.07, 6.45) is 4.87. The van der Waals surface area contributed by atoms with Crippen LogP contribution >= 0.6 is 0 Å². The van der Waals surface area contributed by atoms with Gasteiger partial charge in [0.2, 0.25) is 20.2 Å². The second kappa shape index (κ2) is 12.5. The van der Waals surface area contributed by atoms with Crippen LogP contribution in [0.1, 0.15) is 43.7 Å². The van der Waals surface area contributed by atoms with Gasteiger partial charge in [0.05, 0.1) is 37.7 Å². The molecule has 0 radical (unpaired) electrons. The number of para-hydroxylation sites is 1. The third-order valence-electron chi connectivity index (χ3n) is 8.93. The fourth-order valence-electron chi connectivity index (χ4n) is 6.99. The first-order valence-corrected chi connectivity index (χ1v) is 17.8. The smallest absolute Gasteiger partial charge is 0.246 e. The number of nitrogens with one attached hydrogen (secondary N) is 2. The number of halogens is 1. The number of carbonyl (C=O) groups excluding carboxylic acids is 2. The lowest BCUT2D eigenvalue weighted by atomic mass is 9.95. The second-order valence-corrected chi connectivity index (χ2v) is 16.1. The number of hydrogen-bond acceptors (Lipinski definition) is 4. The molecule has 7 nitrogen and oxygen atoms in total. The van der Waals surface area contributed by atoms with E-state index in [1.165, 1.54) is 0 Å². The van der Waals surface area contributed by atoms with E-state index in [4.69, 9.17) is 4.74 Å². The standard InChI is InChI=1S/C32H42FN3O4Si/c1-21-28(40-29(32(21)41(2,3)33)18-31(39)36-15-7-10-25(36)20-37)14-13-22-8-6-9-24(16-22)35-30(38)17-23-19-34-27-12-5-4-11-26(23)27/h4-6,8-9,11-12,16,19,21,25,28-29,32,34,37H,7,10,13-15,17-18,20H2,1-3H3,(H,35,38)/t21-,25+,28+,29-,32+/m1/s1. The van der Waals surface area contributed by atoms with Crippen LogP contribution in [-0.2, 0) is 27.2 Å². The lowest BCUT2D eigenvalue weighted by molar-refractivity contribution is -0.135. The summed E-state index contributed by atoms with van der Waals surface area (Å²) < 4.78 is 22.0. The van der Waals surface area contributed by atoms with E-state index in [1.54, 1.807) is 18.0 Å². The Kier molecular flexibility index (Phi) is 8.96. The van der Waals surface area contributed by atoms with E-state index in [1.807, 2.05) is 54.7 Å². The van der Waals surface area contributed by atoms with Crippen LogP contribution in [0.25, 0.3) is 10.9 Å². The van der Waals surface area contributed by atoms with Gasteiger partial charge < -0.3 is 29.2 Å². The van der Waals surface area contributed by atoms with E-state index in [2.05, 4.69) is 17.2 Å². The van der Waals surface area contributed by atoms with Crippen LogP contribution < -0.4 is 5.32 Å². The molecule has 9 heteroatoms. The lowest BCUT2D eigenvalue weighted by Crippen LogP contribution is -2.42. The number of hydrogen-bond donors (Lipinski definition) is 3. The van der Waals surface area contributed by atoms with Crippen molar-refractivity contribution >= 4 is 36.8 Å². The van der Waals surface area contributed by atoms with Crippen molar-refractivity contribution in [1.82, 2.24) is 9.88 Å². The summed E-state index contributed by atoms with van der Waals surface area (Å²) in [7, 11) is -3.10. The molecule has 1 aromatic heterocycles. The molecule has 2 saturated heterocycles. The molecule has 3 heterocycles. The number of fused-ring (bicyclic) bond motifs is 1. The molecular formula is C32H42FN3O4Si. The number of likely N-dealkylation sites (tertiary alicyclic amines) is 1. The maximum Gasteiger partial charge on any atom is 0.246 e. The van der Waals surface area contributed by atoms with E-state index in [9.17, 15) is 14.7 Å². The van der Waals surface area contributed by atoms with Crippen LogP contribution in [0.15, 0.2) is 54.7 Å². The van der Waals surface area contributed by atoms with Gasteiger partial charge in [0.15, 0.2) is 0 Å². The monoisotopic (exact) mass is 579 g/mol. The van der Waals surface area contributed by atoms with E-state index in [0.29, 0.717) is 13.0 Å². The van der Waals surface area contributed by atoms with E-state index >= 15 is 4.11 Å². The number of ether oxygens (including phenoxy) is 1. The van der Waals surface area contributed by atoms with Gasteiger partial charge in [-0.25, -0.2) is 0 Å². The maximum absolute atomic E-state index is 15.5. The van der Waals surface area contributed by atoms with Gasteiger partial charge in [-0.15, -0.1) is 0 Å². The zero-order chi connectivity index (χ0) is 29.1. The van der Waals surface area contributed by atoms with Gasteiger partial charge >= 0.3 is 0 Å². The van der Waals surface area contributed by atoms with Gasteiger partial charge in [-0.2, -0.15) is 0 Å². The summed E-state index contributed by atoms with van der Waals surface area (Å²) in [6, 6.07) is 15.6. The van der Waals surface area contributed by atoms with Crippen molar-refractivity contribution in [2.24, 2.45) is 5.92 Å². The highest BCUT2D eigenvalue weighted by Gasteiger charge is 2.52. The van der Waals surface area contributed by atoms with Crippen molar-refractivity contribution in [2.75, 3.05) is 18.5 Å². The molecule has 5 rings (SSSR count). The normalized spacial score (nSPS) is 24.7. The second-order valence-electron chi connectivity index (χ2n) is 12.3. The number of H-pyrrole nitrogens is 1. The van der Waals surface area contributed by atoms with E-state index in [0.717, 1.165) is 47.0 Å². The van der Waals surface area contributed by atoms with Crippen LogP contribution in [0, 0.1) is 5.92 Å². The zero-order valence-corrected chi connectivity index (χ0v) is 25.2. The highest BCUT2D eigenvalue weighted by Crippen LogP contribution is 2.47. The Morgan fingerprint density at radius 1 is 1.17 bits per heavy atom. The van der Waals surface area contributed by atoms with Crippen molar-refractivity contribution in [3.63, 3.8) is 0 Å². The third-order valence-corrected chi connectivity index (χ3v) is 11.4. The minimum Gasteiger partial charge on any atom is -0.394 e. The summed E-state index contributed by atoms with van der Waals surface area (Å²) in [5, 5.41) is 13.7. The summed E-state index contributed by atoms with van der Waals surface area (Å²) in [5.74, 6) is -0.115. The average molecular weight is 580 g/mol. The quantitative estimate of drug-likeness (QED) is 0.215. The Morgan fingerprint density at radius 2 is 1.98 bits per heavy atom. The minimum absolute atomic E-state index is 0.00532. The number of carbonyl (C=O) groups is 2. The molecule has 2 amide bonds. The van der Waals surface area contributed by atoms with Gasteiger partial charge in [0, 0.05) is 34.9 Å². The fourth-order valence-corrected chi connectivity index (χ4v) is 9.53. The van der Waals surface area contributed by atoms with Crippen LogP contribution in [0.5, 0.6) is 0 Å². The van der Waals surface area contributed by atoms with Gasteiger partial charge in [0.1, 0.15) is 0 Å². The summed E-state index contributed by atoms with van der Waals surface area (Å²) >= 11 is 0. The Labute approximate surface area is 242 Å². The highest BCUT2D eigenvalue weighted by molar-refractivity contribution is 6.72. The molecule has 3 aromatic rings. The molecule has 3 N–H and O–H groups in total. The average Bonchev–Trinajstić information content (AvgIpc) is 3.65. The Morgan fingerprint density at radius 3 is 2.76 bits per heavy atom. The predicted octanol–water partition coefficient (Wildman–Crippen LogP) is 5.60. The van der Waals surface area contributed by atoms with Crippen LogP contribution in [-0.4, -0.2) is 66.6 Å². The highest BCUT2D eigenvalue weighted by atomic mass is 28.4. The Bertz CT molecular complexity index is 1370. The number of aliphatic hydroxyl groups is 1. The van der Waals surface area contributed by atoms with Gasteiger partial charge in [-0.05, 0) is 74.0 Å². The lowest BCUT2D eigenvalue weighted by Gasteiger charge is -2.30. The number of aliphatic hydroxyl groups excluding tert-OH is 1. The van der Waals surface area contributed by atoms with Crippen LogP contribution in [0.4, 0.5) is 9.80 Å². The van der Waals surface area contributed by atoms with Gasteiger partial charge in [-0.3, -0.25) is 9.59 Å². The molecule has 0 bridgehead atoms. The molecule has 2 fully saturated rings. The zero-order valence-electron chi connectivity index (χ0n) is 24.2. The van der Waals surface area contributed by atoms with Crippen molar-refractivity contribution in [3.8, 4) is 0 Å². The molecule has 0 aliphatic carbocycles. The molecule has 2 aliphatic rings. The number of nitrogens with zero attached hydrogens (tertiary/aromatic N) is 1. The number of aromatic amines is 1. The van der Waals surface area contributed by atoms with Crippen molar-refractivity contribution in [2.45, 2.75) is 82.3 Å². The molecule has 0 spiro atoms. The molecule has 2 aliphatic heterocycles. The molecule has 0 unspecified atom stereocenters. The molecule has 2 aromatic carbocycles. The van der Waals surface area contributed by atoms with E-state index in [-0.39, 0.29) is 54.9 Å². The first-order valence-electron chi connectivity index (χ1n) is 14.8. The number of aromatic nitrogens is 1. The van der Waals surface area contributed by atoms with Gasteiger partial charge in [-0.1, -0.05) is 37.3 Å². The fraction of sp³-hybridized carbons (Fsp3) is 0.500. The minimum atomic E-state index is -3.10. The SMILES string of the molecule is C[C@H]1[C@H]([Si](C)(C)F)[C@@H](CC(=O)N2CCC[C@H]2CO)O[C@H]1CCc1cccc(NC(=O)Cc2c[nH]c3ccccc23)c1. The molecular weight excluding hydrogens is 537 g/mol. The van der Waals surface area contributed by atoms with Crippen molar-refractivity contribution in [1.29, 1.82) is 0 Å². The molecule has 41 heavy (non-hydrogen) atoms. The first kappa shape index (κ1) is 29.5. The maximum atomic E-state index is 15.5. The molecule has 5 atom stereocenters.